The third-order valence-electron chi connectivity index (χ3n) is 6.93. The standard InChI is InChI=1S/C25H27ClN8OS/c26-20-5-3-18(4-6-20)21-17-34-24(29-21)36-25(30-34)33-13-7-19(8-14-33)22(35)31-11-2-12-32(16-15-31)23-27-9-1-10-28-23/h1,3-6,9-10,17,19H,2,7-8,11-16H2. The zero-order valence-corrected chi connectivity index (χ0v) is 21.4. The van der Waals surface area contributed by atoms with Crippen LogP contribution in [-0.2, 0) is 4.79 Å². The average Bonchev–Trinajstić information content (AvgIpc) is 3.40. The number of imidazole rings is 1. The molecule has 0 spiro atoms. The lowest BCUT2D eigenvalue weighted by Gasteiger charge is -2.33. The van der Waals surface area contributed by atoms with Crippen molar-refractivity contribution in [2.75, 3.05) is 49.1 Å². The maximum absolute atomic E-state index is 13.3. The maximum Gasteiger partial charge on any atom is 0.225 e. The van der Waals surface area contributed by atoms with E-state index >= 15 is 0 Å². The summed E-state index contributed by atoms with van der Waals surface area (Å²) in [7, 11) is 0. The number of hydrogen-bond donors (Lipinski definition) is 0. The molecular formula is C25H27ClN8OS. The molecular weight excluding hydrogens is 496 g/mol. The number of halogens is 1. The van der Waals surface area contributed by atoms with E-state index in [9.17, 15) is 4.79 Å². The Morgan fingerprint density at radius 1 is 0.944 bits per heavy atom. The van der Waals surface area contributed by atoms with Crippen LogP contribution < -0.4 is 9.80 Å². The lowest BCUT2D eigenvalue weighted by atomic mass is 9.95. The lowest BCUT2D eigenvalue weighted by Crippen LogP contribution is -2.44. The zero-order valence-electron chi connectivity index (χ0n) is 19.8. The summed E-state index contributed by atoms with van der Waals surface area (Å²) in [6.45, 7) is 4.81. The molecule has 0 radical (unpaired) electrons. The van der Waals surface area contributed by atoms with Crippen LogP contribution in [0.1, 0.15) is 19.3 Å². The molecule has 0 N–H and O–H groups in total. The first-order valence-electron chi connectivity index (χ1n) is 12.3. The van der Waals surface area contributed by atoms with E-state index in [2.05, 4.69) is 19.8 Å². The summed E-state index contributed by atoms with van der Waals surface area (Å²) in [4.78, 5) is 34.1. The summed E-state index contributed by atoms with van der Waals surface area (Å²) >= 11 is 7.59. The number of carbonyl (C=O) groups is 1. The van der Waals surface area contributed by atoms with Crippen molar-refractivity contribution in [2.24, 2.45) is 5.92 Å². The van der Waals surface area contributed by atoms with E-state index in [1.165, 1.54) is 0 Å². The summed E-state index contributed by atoms with van der Waals surface area (Å²) in [5, 5.41) is 6.44. The molecule has 11 heteroatoms. The van der Waals surface area contributed by atoms with Crippen LogP contribution >= 0.6 is 22.9 Å². The second-order valence-electron chi connectivity index (χ2n) is 9.22. The molecule has 1 aromatic carbocycles. The fourth-order valence-corrected chi connectivity index (χ4v) is 6.01. The Balaban J connectivity index is 1.05. The predicted molar refractivity (Wildman–Crippen MR) is 142 cm³/mol. The molecule has 0 aliphatic carbocycles. The summed E-state index contributed by atoms with van der Waals surface area (Å²) in [6, 6.07) is 9.50. The fourth-order valence-electron chi connectivity index (χ4n) is 4.95. The zero-order chi connectivity index (χ0) is 24.5. The van der Waals surface area contributed by atoms with E-state index in [0.717, 1.165) is 85.8 Å². The minimum Gasteiger partial charge on any atom is -0.347 e. The average molecular weight is 523 g/mol. The first-order valence-corrected chi connectivity index (χ1v) is 13.5. The van der Waals surface area contributed by atoms with Gasteiger partial charge in [-0.2, -0.15) is 0 Å². The Kier molecular flexibility index (Phi) is 6.45. The molecule has 0 saturated carbocycles. The Morgan fingerprint density at radius 3 is 2.47 bits per heavy atom. The molecule has 0 bridgehead atoms. The fraction of sp³-hybridized carbons (Fsp3) is 0.400. The first kappa shape index (κ1) is 23.2. The van der Waals surface area contributed by atoms with E-state index in [-0.39, 0.29) is 11.8 Å². The number of piperidine rings is 1. The van der Waals surface area contributed by atoms with E-state index < -0.39 is 0 Å². The van der Waals surface area contributed by atoms with Crippen LogP contribution in [0.3, 0.4) is 0 Å². The smallest absolute Gasteiger partial charge is 0.225 e. The third kappa shape index (κ3) is 4.75. The number of nitrogens with zero attached hydrogens (tertiary/aromatic N) is 8. The van der Waals surface area contributed by atoms with Crippen LogP contribution in [-0.4, -0.2) is 74.6 Å². The van der Waals surface area contributed by atoms with Crippen LogP contribution in [0.4, 0.5) is 11.1 Å². The van der Waals surface area contributed by atoms with Gasteiger partial charge < -0.3 is 14.7 Å². The quantitative estimate of drug-likeness (QED) is 0.402. The van der Waals surface area contributed by atoms with E-state index in [1.54, 1.807) is 23.7 Å². The Hall–Kier alpha value is -3.24. The second-order valence-corrected chi connectivity index (χ2v) is 10.6. The minimum absolute atomic E-state index is 0.0707. The van der Waals surface area contributed by atoms with E-state index in [0.29, 0.717) is 5.02 Å². The summed E-state index contributed by atoms with van der Waals surface area (Å²) < 4.78 is 1.85. The van der Waals surface area contributed by atoms with Gasteiger partial charge in [-0.3, -0.25) is 4.79 Å². The minimum atomic E-state index is 0.0707. The number of fused-ring (bicyclic) bond motifs is 1. The first-order chi connectivity index (χ1) is 17.6. The van der Waals surface area contributed by atoms with Crippen LogP contribution in [0.15, 0.2) is 48.9 Å². The normalized spacial score (nSPS) is 17.5. The largest absolute Gasteiger partial charge is 0.347 e. The highest BCUT2D eigenvalue weighted by molar-refractivity contribution is 7.20. The van der Waals surface area contributed by atoms with Crippen molar-refractivity contribution in [3.05, 3.63) is 53.9 Å². The van der Waals surface area contributed by atoms with Crippen molar-refractivity contribution in [3.8, 4) is 11.3 Å². The van der Waals surface area contributed by atoms with Crippen molar-refractivity contribution in [3.63, 3.8) is 0 Å². The van der Waals surface area contributed by atoms with Crippen molar-refractivity contribution >= 4 is 44.9 Å². The Labute approximate surface area is 218 Å². The number of aromatic nitrogens is 5. The van der Waals surface area contributed by atoms with Gasteiger partial charge in [-0.05, 0) is 37.5 Å². The highest BCUT2D eigenvalue weighted by atomic mass is 35.5. The molecule has 5 heterocycles. The molecule has 2 aliphatic rings. The number of amides is 1. The molecule has 36 heavy (non-hydrogen) atoms. The molecule has 2 saturated heterocycles. The summed E-state index contributed by atoms with van der Waals surface area (Å²) in [5.41, 5.74) is 1.90. The van der Waals surface area contributed by atoms with Gasteiger partial charge in [0.2, 0.25) is 21.9 Å². The molecule has 6 rings (SSSR count). The molecule has 1 amide bonds. The number of rotatable bonds is 4. The van der Waals surface area contributed by atoms with Gasteiger partial charge in [0.25, 0.3) is 0 Å². The maximum atomic E-state index is 13.3. The van der Waals surface area contributed by atoms with Crippen molar-refractivity contribution in [2.45, 2.75) is 19.3 Å². The van der Waals surface area contributed by atoms with E-state index in [1.807, 2.05) is 45.9 Å². The van der Waals surface area contributed by atoms with Gasteiger partial charge in [0.15, 0.2) is 0 Å². The summed E-state index contributed by atoms with van der Waals surface area (Å²) in [6.07, 6.45) is 8.11. The Bertz CT molecular complexity index is 1300. The Morgan fingerprint density at radius 2 is 1.72 bits per heavy atom. The number of anilines is 2. The summed E-state index contributed by atoms with van der Waals surface area (Å²) in [5.74, 6) is 1.10. The molecule has 3 aromatic heterocycles. The van der Waals surface area contributed by atoms with Crippen LogP contribution in [0.2, 0.25) is 5.02 Å². The molecule has 0 unspecified atom stereocenters. The van der Waals surface area contributed by atoms with Crippen LogP contribution in [0, 0.1) is 5.92 Å². The molecule has 2 aliphatic heterocycles. The SMILES string of the molecule is O=C(C1CCN(c2nn3cc(-c4ccc(Cl)cc4)nc3s2)CC1)N1CCCN(c2ncccn2)CC1. The van der Waals surface area contributed by atoms with Gasteiger partial charge >= 0.3 is 0 Å². The van der Waals surface area contributed by atoms with Crippen molar-refractivity contribution in [1.82, 2.24) is 29.5 Å². The van der Waals surface area contributed by atoms with Gasteiger partial charge in [0.1, 0.15) is 0 Å². The van der Waals surface area contributed by atoms with Gasteiger partial charge in [0.05, 0.1) is 11.9 Å². The van der Waals surface area contributed by atoms with Crippen LogP contribution in [0.5, 0.6) is 0 Å². The van der Waals surface area contributed by atoms with Gasteiger partial charge in [-0.15, -0.1) is 5.10 Å². The highest BCUT2D eigenvalue weighted by Gasteiger charge is 2.31. The molecule has 4 aromatic rings. The lowest BCUT2D eigenvalue weighted by molar-refractivity contribution is -0.135. The monoisotopic (exact) mass is 522 g/mol. The molecule has 186 valence electrons. The van der Waals surface area contributed by atoms with Gasteiger partial charge in [-0.1, -0.05) is 35.1 Å². The molecule has 0 atom stereocenters. The topological polar surface area (TPSA) is 82.8 Å². The third-order valence-corrected chi connectivity index (χ3v) is 8.17. The number of hydrogen-bond acceptors (Lipinski definition) is 8. The number of benzene rings is 1. The number of carbonyl (C=O) groups excluding carboxylic acids is 1. The van der Waals surface area contributed by atoms with Gasteiger partial charge in [0, 0.05) is 68.2 Å². The van der Waals surface area contributed by atoms with Crippen LogP contribution in [0.25, 0.3) is 16.2 Å². The molecule has 2 fully saturated rings. The van der Waals surface area contributed by atoms with E-state index in [4.69, 9.17) is 21.7 Å². The van der Waals surface area contributed by atoms with Crippen molar-refractivity contribution in [1.29, 1.82) is 0 Å². The van der Waals surface area contributed by atoms with Gasteiger partial charge in [-0.25, -0.2) is 19.5 Å². The van der Waals surface area contributed by atoms with Crippen molar-refractivity contribution < 1.29 is 4.79 Å². The highest BCUT2D eigenvalue weighted by Crippen LogP contribution is 2.30. The molecule has 9 nitrogen and oxygen atoms in total. The predicted octanol–water partition coefficient (Wildman–Crippen LogP) is 3.86. The second kappa shape index (κ2) is 10.0.